The van der Waals surface area contributed by atoms with E-state index in [1.54, 1.807) is 18.2 Å². The number of benzene rings is 1. The summed E-state index contributed by atoms with van der Waals surface area (Å²) in [4.78, 5) is 0. The molecule has 0 aliphatic rings. The van der Waals surface area contributed by atoms with Gasteiger partial charge in [0.2, 0.25) is 0 Å². The average Bonchev–Trinajstić information content (AvgIpc) is 1.77. The topological polar surface area (TPSA) is 20.2 Å². The number of phenols is 1. The first-order valence-electron chi connectivity index (χ1n) is 2.24. The Bertz CT molecular complexity index is 169. The second kappa shape index (κ2) is 4.56. The fraction of sp³-hybridized carbons (Fsp3) is 0. The zero-order chi connectivity index (χ0) is 5.98. The summed E-state index contributed by atoms with van der Waals surface area (Å²) >= 11 is 3.15. The van der Waals surface area contributed by atoms with Gasteiger partial charge in [0.05, 0.1) is 4.47 Å². The Labute approximate surface area is 92.2 Å². The van der Waals surface area contributed by atoms with Crippen LogP contribution in [0.4, 0.5) is 0 Å². The average molecular weight is 215 g/mol. The van der Waals surface area contributed by atoms with Crippen LogP contribution < -0.4 is 0 Å². The summed E-state index contributed by atoms with van der Waals surface area (Å²) in [5, 5.41) is 8.87. The molecule has 1 rings (SSSR count). The molecule has 0 saturated carbocycles. The molecule has 0 bridgehead atoms. The molecule has 1 N–H and O–H groups in total. The van der Waals surface area contributed by atoms with Crippen LogP contribution in [0.25, 0.3) is 0 Å². The monoisotopic (exact) mass is 214 g/mol. The standard InChI is InChI=1S/C6H5BrO.Ca.2H/c7-5-3-1-2-4-6(5)8;;;/h1-4,8H;;;. The zero-order valence-corrected chi connectivity index (χ0v) is 5.72. The summed E-state index contributed by atoms with van der Waals surface area (Å²) < 4.78 is 0.736. The van der Waals surface area contributed by atoms with Crippen LogP contribution in [-0.4, -0.2) is 42.8 Å². The van der Waals surface area contributed by atoms with Crippen molar-refractivity contribution in [3.63, 3.8) is 0 Å². The fourth-order valence-electron chi connectivity index (χ4n) is 0.452. The number of phenolic OH excluding ortho intramolecular Hbond substituents is 1. The predicted molar refractivity (Wildman–Crippen MR) is 44.4 cm³/mol. The van der Waals surface area contributed by atoms with E-state index in [1.165, 1.54) is 0 Å². The number of hydrogen-bond donors (Lipinski definition) is 1. The SMILES string of the molecule is Oc1ccccc1Br.[CaH2]. The number of aromatic hydroxyl groups is 1. The molecule has 0 aliphatic carbocycles. The Kier molecular flexibility index (Phi) is 4.94. The van der Waals surface area contributed by atoms with Crippen molar-refractivity contribution in [1.29, 1.82) is 0 Å². The summed E-state index contributed by atoms with van der Waals surface area (Å²) in [5.74, 6) is 0.285. The van der Waals surface area contributed by atoms with Crippen molar-refractivity contribution < 1.29 is 5.11 Å². The van der Waals surface area contributed by atoms with Crippen molar-refractivity contribution in [3.05, 3.63) is 28.7 Å². The summed E-state index contributed by atoms with van der Waals surface area (Å²) in [5.41, 5.74) is 0. The summed E-state index contributed by atoms with van der Waals surface area (Å²) in [6, 6.07) is 7.04. The molecule has 1 nitrogen and oxygen atoms in total. The van der Waals surface area contributed by atoms with Crippen molar-refractivity contribution in [2.75, 3.05) is 0 Å². The van der Waals surface area contributed by atoms with Gasteiger partial charge in [0, 0.05) is 0 Å². The second-order valence-corrected chi connectivity index (χ2v) is 2.31. The van der Waals surface area contributed by atoms with Crippen molar-refractivity contribution in [3.8, 4) is 5.75 Å². The van der Waals surface area contributed by atoms with Crippen LogP contribution in [-0.2, 0) is 0 Å². The van der Waals surface area contributed by atoms with Gasteiger partial charge in [0.1, 0.15) is 5.75 Å². The molecule has 1 aromatic carbocycles. The van der Waals surface area contributed by atoms with E-state index in [9.17, 15) is 0 Å². The van der Waals surface area contributed by atoms with Crippen LogP contribution in [0.3, 0.4) is 0 Å². The predicted octanol–water partition coefficient (Wildman–Crippen LogP) is 1.24. The number of halogens is 1. The Morgan fingerprint density at radius 2 is 1.78 bits per heavy atom. The van der Waals surface area contributed by atoms with Crippen molar-refractivity contribution in [2.45, 2.75) is 0 Å². The minimum absolute atomic E-state index is 0. The third kappa shape index (κ3) is 2.89. The van der Waals surface area contributed by atoms with E-state index in [4.69, 9.17) is 5.11 Å². The van der Waals surface area contributed by atoms with Gasteiger partial charge >= 0.3 is 37.7 Å². The first kappa shape index (κ1) is 9.76. The molecular formula is C6H7BrCaO. The number of hydrogen-bond acceptors (Lipinski definition) is 1. The molecule has 0 amide bonds. The Hall–Kier alpha value is 0.760. The van der Waals surface area contributed by atoms with Gasteiger partial charge in [-0.15, -0.1) is 0 Å². The molecule has 0 spiro atoms. The van der Waals surface area contributed by atoms with Crippen molar-refractivity contribution in [1.82, 2.24) is 0 Å². The number of para-hydroxylation sites is 1. The van der Waals surface area contributed by atoms with E-state index in [-0.39, 0.29) is 43.5 Å². The molecule has 3 heteroatoms. The van der Waals surface area contributed by atoms with E-state index in [0.717, 1.165) is 4.47 Å². The molecule has 1 aromatic rings. The normalized spacial score (nSPS) is 8.11. The van der Waals surface area contributed by atoms with Crippen LogP contribution in [0.5, 0.6) is 5.75 Å². The zero-order valence-electron chi connectivity index (χ0n) is 4.13. The van der Waals surface area contributed by atoms with Crippen LogP contribution in [0.2, 0.25) is 0 Å². The molecule has 0 atom stereocenters. The van der Waals surface area contributed by atoms with Gasteiger partial charge in [-0.25, -0.2) is 0 Å². The van der Waals surface area contributed by atoms with Gasteiger partial charge in [-0.1, -0.05) is 12.1 Å². The molecule has 0 heterocycles. The molecule has 0 aromatic heterocycles. The van der Waals surface area contributed by atoms with Crippen LogP contribution in [0, 0.1) is 0 Å². The van der Waals surface area contributed by atoms with E-state index < -0.39 is 0 Å². The number of rotatable bonds is 0. The molecule has 0 aliphatic heterocycles. The maximum atomic E-state index is 8.87. The minimum atomic E-state index is 0. The van der Waals surface area contributed by atoms with Gasteiger partial charge in [-0.05, 0) is 28.1 Å². The Morgan fingerprint density at radius 1 is 1.22 bits per heavy atom. The van der Waals surface area contributed by atoms with Gasteiger partial charge in [0.25, 0.3) is 0 Å². The molecule has 46 valence electrons. The molecule has 0 radical (unpaired) electrons. The van der Waals surface area contributed by atoms with E-state index in [1.807, 2.05) is 6.07 Å². The maximum absolute atomic E-state index is 8.87. The fourth-order valence-corrected chi connectivity index (χ4v) is 0.737. The molecule has 0 saturated heterocycles. The van der Waals surface area contributed by atoms with Crippen molar-refractivity contribution in [2.24, 2.45) is 0 Å². The van der Waals surface area contributed by atoms with Crippen LogP contribution in [0.1, 0.15) is 0 Å². The molecule has 0 unspecified atom stereocenters. The molecule has 9 heavy (non-hydrogen) atoms. The Balaban J connectivity index is 0.000000640. The van der Waals surface area contributed by atoms with Crippen molar-refractivity contribution >= 4 is 53.7 Å². The van der Waals surface area contributed by atoms with Gasteiger partial charge in [-0.2, -0.15) is 0 Å². The van der Waals surface area contributed by atoms with E-state index in [0.29, 0.717) is 0 Å². The molecule has 0 fully saturated rings. The van der Waals surface area contributed by atoms with Crippen LogP contribution >= 0.6 is 15.9 Å². The van der Waals surface area contributed by atoms with Gasteiger partial charge in [-0.3, -0.25) is 0 Å². The second-order valence-electron chi connectivity index (χ2n) is 1.45. The summed E-state index contributed by atoms with van der Waals surface area (Å²) in [6.45, 7) is 0. The first-order valence-corrected chi connectivity index (χ1v) is 3.03. The first-order chi connectivity index (χ1) is 3.80. The third-order valence-electron chi connectivity index (χ3n) is 0.852. The van der Waals surface area contributed by atoms with E-state index >= 15 is 0 Å². The third-order valence-corrected chi connectivity index (χ3v) is 1.52. The van der Waals surface area contributed by atoms with Crippen LogP contribution in [0.15, 0.2) is 28.7 Å². The quantitative estimate of drug-likeness (QED) is 0.645. The van der Waals surface area contributed by atoms with Gasteiger partial charge < -0.3 is 5.11 Å². The Morgan fingerprint density at radius 3 is 2.11 bits per heavy atom. The molecular weight excluding hydrogens is 208 g/mol. The van der Waals surface area contributed by atoms with Gasteiger partial charge in [0.15, 0.2) is 0 Å². The summed E-state index contributed by atoms with van der Waals surface area (Å²) in [7, 11) is 0. The summed E-state index contributed by atoms with van der Waals surface area (Å²) in [6.07, 6.45) is 0. The van der Waals surface area contributed by atoms with E-state index in [2.05, 4.69) is 15.9 Å².